The molecule has 0 saturated heterocycles. The Morgan fingerprint density at radius 1 is 1.16 bits per heavy atom. The lowest BCUT2D eigenvalue weighted by Crippen LogP contribution is -2.43. The molecule has 9 nitrogen and oxygen atoms in total. The summed E-state index contributed by atoms with van der Waals surface area (Å²) in [5, 5.41) is 11.3. The zero-order chi connectivity index (χ0) is 27.8. The minimum atomic E-state index is -1.11. The monoisotopic (exact) mass is 528 g/mol. The predicted octanol–water partition coefficient (Wildman–Crippen LogP) is 3.42. The summed E-state index contributed by atoms with van der Waals surface area (Å²) in [5.74, 6) is 3.32. The van der Waals surface area contributed by atoms with Crippen molar-refractivity contribution in [2.75, 3.05) is 13.1 Å². The number of aromatic amines is 1. The van der Waals surface area contributed by atoms with Crippen LogP contribution in [0, 0.1) is 17.6 Å². The lowest BCUT2D eigenvalue weighted by molar-refractivity contribution is -0.130. The highest BCUT2D eigenvalue weighted by molar-refractivity contribution is 5.94. The molecule has 2 aromatic carbocycles. The molecule has 38 heavy (non-hydrogen) atoms. The van der Waals surface area contributed by atoms with Crippen molar-refractivity contribution < 1.29 is 23.6 Å². The smallest absolute Gasteiger partial charge is 0.254 e. The van der Waals surface area contributed by atoms with Gasteiger partial charge >= 0.3 is 0 Å². The third kappa shape index (κ3) is 7.53. The molecule has 1 aromatic heterocycles. The first kappa shape index (κ1) is 28.6. The fourth-order valence-electron chi connectivity index (χ4n) is 4.13. The number of aromatic nitrogens is 1. The fourth-order valence-corrected chi connectivity index (χ4v) is 4.13. The van der Waals surface area contributed by atoms with Crippen LogP contribution in [0.1, 0.15) is 42.6 Å². The molecule has 1 unspecified atom stereocenters. The second kappa shape index (κ2) is 13.0. The molecule has 2 amide bonds. The number of nitrogens with two attached hydrogens (primary N) is 2. The Bertz CT molecular complexity index is 1290. The Morgan fingerprint density at radius 2 is 1.89 bits per heavy atom. The number of hydrogen-bond acceptors (Lipinski definition) is 6. The maximum Gasteiger partial charge on any atom is 0.254 e. The van der Waals surface area contributed by atoms with Gasteiger partial charge in [0, 0.05) is 41.1 Å². The molecule has 0 aliphatic heterocycles. The summed E-state index contributed by atoms with van der Waals surface area (Å²) >= 11 is 0. The van der Waals surface area contributed by atoms with Crippen molar-refractivity contribution in [3.05, 3.63) is 83.3 Å². The van der Waals surface area contributed by atoms with Crippen LogP contribution >= 0.6 is 0 Å². The number of hydroxylamine groups is 1. The van der Waals surface area contributed by atoms with Gasteiger partial charge in [-0.05, 0) is 48.6 Å². The molecule has 204 valence electrons. The summed E-state index contributed by atoms with van der Waals surface area (Å²) in [4.78, 5) is 29.8. The van der Waals surface area contributed by atoms with E-state index in [2.05, 4.69) is 4.98 Å². The minimum Gasteiger partial charge on any atom is -0.399 e. The van der Waals surface area contributed by atoms with Crippen molar-refractivity contribution in [2.24, 2.45) is 17.5 Å². The van der Waals surface area contributed by atoms with Crippen molar-refractivity contribution in [2.45, 2.75) is 39.2 Å². The summed E-state index contributed by atoms with van der Waals surface area (Å²) in [5.41, 5.74) is 9.98. The van der Waals surface area contributed by atoms with Crippen LogP contribution in [0.25, 0.3) is 10.9 Å². The van der Waals surface area contributed by atoms with Gasteiger partial charge in [-0.1, -0.05) is 32.0 Å². The summed E-state index contributed by atoms with van der Waals surface area (Å²) in [7, 11) is 0. The Hall–Kier alpha value is -3.96. The van der Waals surface area contributed by atoms with Gasteiger partial charge in [0.25, 0.3) is 5.91 Å². The molecule has 1 atom stereocenters. The lowest BCUT2D eigenvalue weighted by atomic mass is 10.0. The van der Waals surface area contributed by atoms with Gasteiger partial charge < -0.3 is 20.6 Å². The molecular formula is C27H34F2N6O3. The Labute approximate surface area is 220 Å². The first-order valence-electron chi connectivity index (χ1n) is 12.3. The van der Waals surface area contributed by atoms with Crippen molar-refractivity contribution in [3.8, 4) is 0 Å². The number of rotatable bonds is 12. The summed E-state index contributed by atoms with van der Waals surface area (Å²) < 4.78 is 27.2. The van der Waals surface area contributed by atoms with E-state index in [0.717, 1.165) is 28.6 Å². The third-order valence-corrected chi connectivity index (χ3v) is 6.22. The molecule has 0 fully saturated rings. The van der Waals surface area contributed by atoms with Crippen molar-refractivity contribution in [1.82, 2.24) is 20.4 Å². The van der Waals surface area contributed by atoms with E-state index < -0.39 is 29.5 Å². The third-order valence-electron chi connectivity index (χ3n) is 6.22. The average Bonchev–Trinajstić information content (AvgIpc) is 3.29. The van der Waals surface area contributed by atoms with Gasteiger partial charge in [0.15, 0.2) is 11.6 Å². The maximum absolute atomic E-state index is 13.8. The van der Waals surface area contributed by atoms with Crippen LogP contribution in [0.2, 0.25) is 0 Å². The molecule has 0 bridgehead atoms. The number of fused-ring (bicyclic) bond motifs is 1. The second-order valence-electron chi connectivity index (χ2n) is 9.65. The van der Waals surface area contributed by atoms with E-state index in [1.165, 1.54) is 22.2 Å². The van der Waals surface area contributed by atoms with Gasteiger partial charge in [-0.2, -0.15) is 0 Å². The van der Waals surface area contributed by atoms with Crippen molar-refractivity contribution >= 4 is 22.7 Å². The molecule has 0 aliphatic rings. The highest BCUT2D eigenvalue weighted by Crippen LogP contribution is 2.21. The fraction of sp³-hybridized carbons (Fsp3) is 0.333. The van der Waals surface area contributed by atoms with E-state index in [1.807, 2.05) is 44.3 Å². The second-order valence-corrected chi connectivity index (χ2v) is 9.65. The number of hydrogen-bond donors (Lipinski definition) is 5. The van der Waals surface area contributed by atoms with Gasteiger partial charge in [-0.3, -0.25) is 14.8 Å². The van der Waals surface area contributed by atoms with Gasteiger partial charge in [0.1, 0.15) is 0 Å². The molecule has 7 N–H and O–H groups in total. The molecule has 1 heterocycles. The number of carbonyl (C=O) groups is 2. The number of benzene rings is 2. The highest BCUT2D eigenvalue weighted by Gasteiger charge is 2.22. The van der Waals surface area contributed by atoms with Crippen molar-refractivity contribution in [1.29, 1.82) is 0 Å². The lowest BCUT2D eigenvalue weighted by Gasteiger charge is -2.28. The van der Waals surface area contributed by atoms with Gasteiger partial charge in [-0.15, -0.1) is 0 Å². The summed E-state index contributed by atoms with van der Waals surface area (Å²) in [6.45, 7) is 4.32. The molecule has 3 rings (SSSR count). The number of nitrogens with zero attached hydrogens (tertiary/aromatic N) is 2. The number of hydrazine groups is 1. The topological polar surface area (TPSA) is 141 Å². The van der Waals surface area contributed by atoms with Crippen LogP contribution in [0.5, 0.6) is 0 Å². The van der Waals surface area contributed by atoms with Gasteiger partial charge in [0.05, 0.1) is 19.0 Å². The van der Waals surface area contributed by atoms with Gasteiger partial charge in [-0.25, -0.2) is 20.1 Å². The quantitative estimate of drug-likeness (QED) is 0.139. The van der Waals surface area contributed by atoms with Crippen LogP contribution in [0.4, 0.5) is 8.78 Å². The maximum atomic E-state index is 13.8. The SMILES string of the molecule is CC(C)CCN(C/C(N)=C/N(N)C(CC(=O)NO)Cc1c[nH]c2ccccc12)C(=O)c1ccc(F)c(F)c1. The molecule has 0 spiro atoms. The Kier molecular flexibility index (Phi) is 9.80. The molecule has 0 radical (unpaired) electrons. The molecular weight excluding hydrogens is 494 g/mol. The molecule has 0 saturated carbocycles. The van der Waals surface area contributed by atoms with E-state index >= 15 is 0 Å². The molecule has 11 heteroatoms. The number of halogens is 2. The van der Waals surface area contributed by atoms with Crippen LogP contribution in [-0.4, -0.2) is 51.0 Å². The summed E-state index contributed by atoms with van der Waals surface area (Å²) in [6, 6.07) is 10.1. The van der Waals surface area contributed by atoms with E-state index in [-0.39, 0.29) is 30.1 Å². The Balaban J connectivity index is 1.81. The minimum absolute atomic E-state index is 0.00175. The van der Waals surface area contributed by atoms with E-state index in [1.54, 1.807) is 5.48 Å². The standard InChI is InChI=1S/C27H34F2N6O3/c1-17(2)9-10-34(27(37)18-7-8-23(28)24(29)12-18)15-20(30)16-35(31)21(13-26(36)33-38)11-19-14-32-25-6-4-3-5-22(19)25/h3-8,12,14,16-17,21,32,38H,9-11,13,15,30-31H2,1-2H3,(H,33,36)/b20-16-. The average molecular weight is 529 g/mol. The van der Waals surface area contributed by atoms with Crippen LogP contribution in [0.15, 0.2) is 60.6 Å². The number of carbonyl (C=O) groups excluding carboxylic acids is 2. The zero-order valence-corrected chi connectivity index (χ0v) is 21.5. The normalized spacial score (nSPS) is 12.6. The highest BCUT2D eigenvalue weighted by atomic mass is 19.2. The zero-order valence-electron chi connectivity index (χ0n) is 21.5. The van der Waals surface area contributed by atoms with E-state index in [9.17, 15) is 18.4 Å². The van der Waals surface area contributed by atoms with E-state index in [4.69, 9.17) is 16.8 Å². The number of amides is 2. The first-order valence-corrected chi connectivity index (χ1v) is 12.3. The number of H-pyrrole nitrogens is 1. The molecule has 3 aromatic rings. The largest absolute Gasteiger partial charge is 0.399 e. The van der Waals surface area contributed by atoms with Crippen LogP contribution in [0.3, 0.4) is 0 Å². The van der Waals surface area contributed by atoms with E-state index in [0.29, 0.717) is 19.4 Å². The molecule has 0 aliphatic carbocycles. The predicted molar refractivity (Wildman–Crippen MR) is 140 cm³/mol. The first-order chi connectivity index (χ1) is 18.1. The number of nitrogens with one attached hydrogen (secondary N) is 2. The van der Waals surface area contributed by atoms with Crippen LogP contribution < -0.4 is 17.1 Å². The Morgan fingerprint density at radius 3 is 2.58 bits per heavy atom. The van der Waals surface area contributed by atoms with Crippen LogP contribution in [-0.2, 0) is 11.2 Å². The van der Waals surface area contributed by atoms with Gasteiger partial charge in [0.2, 0.25) is 5.91 Å². The van der Waals surface area contributed by atoms with Crippen molar-refractivity contribution in [3.63, 3.8) is 0 Å². The summed E-state index contributed by atoms with van der Waals surface area (Å²) in [6.07, 6.45) is 4.17. The number of para-hydroxylation sites is 1.